The van der Waals surface area contributed by atoms with Crippen molar-refractivity contribution < 1.29 is 14.6 Å². The minimum absolute atomic E-state index is 0.229. The molecule has 21 heavy (non-hydrogen) atoms. The zero-order valence-electron chi connectivity index (χ0n) is 11.9. The number of hydrogen-bond donors (Lipinski definition) is 1. The monoisotopic (exact) mass is 353 g/mol. The van der Waals surface area contributed by atoms with E-state index in [4.69, 9.17) is 9.84 Å². The summed E-state index contributed by atoms with van der Waals surface area (Å²) in [4.78, 5) is 13.0. The average molecular weight is 354 g/mol. The summed E-state index contributed by atoms with van der Waals surface area (Å²) >= 11 is 3.50. The molecule has 0 bridgehead atoms. The van der Waals surface area contributed by atoms with Crippen molar-refractivity contribution in [2.45, 2.75) is 31.8 Å². The summed E-state index contributed by atoms with van der Waals surface area (Å²) in [5.41, 5.74) is 1.27. The highest BCUT2D eigenvalue weighted by molar-refractivity contribution is 9.10. The Bertz CT molecular complexity index is 534. The molecule has 0 spiro atoms. The lowest BCUT2D eigenvalue weighted by atomic mass is 10.0. The second-order valence-corrected chi connectivity index (χ2v) is 6.96. The molecule has 1 aromatic carbocycles. The SMILES string of the molecule is O=C(O)CCC1CCN(CC2Cc3cc(Br)ccc3O2)C1. The third-order valence-electron chi connectivity index (χ3n) is 4.36. The normalized spacial score (nSPS) is 24.8. The van der Waals surface area contributed by atoms with E-state index in [0.717, 1.165) is 49.1 Å². The molecule has 0 radical (unpaired) electrons. The molecule has 2 unspecified atom stereocenters. The number of likely N-dealkylation sites (tertiary alicyclic amines) is 1. The quantitative estimate of drug-likeness (QED) is 0.883. The molecule has 2 aliphatic rings. The molecule has 2 aliphatic heterocycles. The Balaban J connectivity index is 1.48. The van der Waals surface area contributed by atoms with Crippen molar-refractivity contribution in [3.8, 4) is 5.75 Å². The minimum Gasteiger partial charge on any atom is -0.488 e. The van der Waals surface area contributed by atoms with Gasteiger partial charge in [0, 0.05) is 30.4 Å². The summed E-state index contributed by atoms with van der Waals surface area (Å²) in [6, 6.07) is 6.17. The van der Waals surface area contributed by atoms with Crippen molar-refractivity contribution in [3.05, 3.63) is 28.2 Å². The Hall–Kier alpha value is -1.07. The topological polar surface area (TPSA) is 49.8 Å². The van der Waals surface area contributed by atoms with Crippen LogP contribution in [0, 0.1) is 5.92 Å². The number of carboxylic acids is 1. The van der Waals surface area contributed by atoms with E-state index in [1.165, 1.54) is 5.56 Å². The molecule has 0 amide bonds. The van der Waals surface area contributed by atoms with Gasteiger partial charge in [-0.25, -0.2) is 0 Å². The van der Waals surface area contributed by atoms with Gasteiger partial charge >= 0.3 is 5.97 Å². The number of ether oxygens (including phenoxy) is 1. The highest BCUT2D eigenvalue weighted by Crippen LogP contribution is 2.32. The van der Waals surface area contributed by atoms with Crippen molar-refractivity contribution in [3.63, 3.8) is 0 Å². The van der Waals surface area contributed by atoms with E-state index in [-0.39, 0.29) is 12.5 Å². The lowest BCUT2D eigenvalue weighted by Gasteiger charge is -2.20. The number of rotatable bonds is 5. The fraction of sp³-hybridized carbons (Fsp3) is 0.562. The van der Waals surface area contributed by atoms with Crippen LogP contribution in [0.5, 0.6) is 5.75 Å². The van der Waals surface area contributed by atoms with Crippen molar-refractivity contribution in [1.29, 1.82) is 0 Å². The summed E-state index contributed by atoms with van der Waals surface area (Å²) in [5, 5.41) is 8.75. The largest absolute Gasteiger partial charge is 0.488 e. The summed E-state index contributed by atoms with van der Waals surface area (Å²) in [6.45, 7) is 3.01. The van der Waals surface area contributed by atoms with E-state index in [9.17, 15) is 4.79 Å². The van der Waals surface area contributed by atoms with Crippen LogP contribution in [0.1, 0.15) is 24.8 Å². The number of benzene rings is 1. The predicted octanol–water partition coefficient (Wildman–Crippen LogP) is 2.94. The van der Waals surface area contributed by atoms with Crippen molar-refractivity contribution >= 4 is 21.9 Å². The molecule has 5 heteroatoms. The van der Waals surface area contributed by atoms with Crippen LogP contribution in [0.25, 0.3) is 0 Å². The number of hydrogen-bond acceptors (Lipinski definition) is 3. The van der Waals surface area contributed by atoms with Crippen LogP contribution >= 0.6 is 15.9 Å². The van der Waals surface area contributed by atoms with E-state index >= 15 is 0 Å². The molecule has 0 aromatic heterocycles. The van der Waals surface area contributed by atoms with Gasteiger partial charge in [-0.15, -0.1) is 0 Å². The zero-order valence-corrected chi connectivity index (χ0v) is 13.5. The first kappa shape index (κ1) is 14.9. The van der Waals surface area contributed by atoms with Gasteiger partial charge in [0.15, 0.2) is 0 Å². The van der Waals surface area contributed by atoms with Crippen LogP contribution in [-0.4, -0.2) is 41.7 Å². The Morgan fingerprint density at radius 2 is 2.33 bits per heavy atom. The Morgan fingerprint density at radius 3 is 3.14 bits per heavy atom. The van der Waals surface area contributed by atoms with Crippen molar-refractivity contribution in [2.75, 3.05) is 19.6 Å². The highest BCUT2D eigenvalue weighted by atomic mass is 79.9. The molecule has 2 heterocycles. The predicted molar refractivity (Wildman–Crippen MR) is 83.7 cm³/mol. The fourth-order valence-electron chi connectivity index (χ4n) is 3.32. The molecule has 114 valence electrons. The summed E-state index contributed by atoms with van der Waals surface area (Å²) in [7, 11) is 0. The first-order chi connectivity index (χ1) is 10.1. The lowest BCUT2D eigenvalue weighted by molar-refractivity contribution is -0.137. The molecule has 3 rings (SSSR count). The fourth-order valence-corrected chi connectivity index (χ4v) is 3.73. The first-order valence-corrected chi connectivity index (χ1v) is 8.28. The molecule has 1 saturated heterocycles. The van der Waals surface area contributed by atoms with Gasteiger partial charge in [0.25, 0.3) is 0 Å². The number of carbonyl (C=O) groups is 1. The molecule has 0 saturated carbocycles. The van der Waals surface area contributed by atoms with Gasteiger partial charge in [-0.3, -0.25) is 9.69 Å². The van der Waals surface area contributed by atoms with Crippen LogP contribution in [0.15, 0.2) is 22.7 Å². The van der Waals surface area contributed by atoms with E-state index < -0.39 is 5.97 Å². The summed E-state index contributed by atoms with van der Waals surface area (Å²) in [6.07, 6.45) is 3.39. The smallest absolute Gasteiger partial charge is 0.303 e. The van der Waals surface area contributed by atoms with E-state index in [1.807, 2.05) is 12.1 Å². The maximum atomic E-state index is 10.6. The third-order valence-corrected chi connectivity index (χ3v) is 4.86. The summed E-state index contributed by atoms with van der Waals surface area (Å²) in [5.74, 6) is 0.845. The van der Waals surface area contributed by atoms with E-state index in [1.54, 1.807) is 0 Å². The Morgan fingerprint density at radius 1 is 1.48 bits per heavy atom. The zero-order chi connectivity index (χ0) is 14.8. The maximum absolute atomic E-state index is 10.6. The van der Waals surface area contributed by atoms with Gasteiger partial charge in [-0.1, -0.05) is 15.9 Å². The van der Waals surface area contributed by atoms with Crippen LogP contribution < -0.4 is 4.74 Å². The summed E-state index contributed by atoms with van der Waals surface area (Å²) < 4.78 is 7.10. The van der Waals surface area contributed by atoms with Gasteiger partial charge in [-0.05, 0) is 49.1 Å². The molecule has 1 fully saturated rings. The second-order valence-electron chi connectivity index (χ2n) is 6.04. The minimum atomic E-state index is -0.686. The molecule has 2 atom stereocenters. The van der Waals surface area contributed by atoms with Gasteiger partial charge in [0.05, 0.1) is 0 Å². The molecule has 1 aromatic rings. The standard InChI is InChI=1S/C16H20BrNO3/c17-13-2-3-15-12(7-13)8-14(21-15)10-18-6-5-11(9-18)1-4-16(19)20/h2-3,7,11,14H,1,4-6,8-10H2,(H,19,20). The highest BCUT2D eigenvalue weighted by Gasteiger charge is 2.29. The number of nitrogens with zero attached hydrogens (tertiary/aromatic N) is 1. The number of carboxylic acid groups (broad SMARTS) is 1. The van der Waals surface area contributed by atoms with E-state index in [0.29, 0.717) is 5.92 Å². The van der Waals surface area contributed by atoms with Gasteiger partial charge in [-0.2, -0.15) is 0 Å². The Labute approximate surface area is 133 Å². The number of halogens is 1. The second kappa shape index (κ2) is 6.36. The molecule has 4 nitrogen and oxygen atoms in total. The lowest BCUT2D eigenvalue weighted by Crippen LogP contribution is -2.33. The number of fused-ring (bicyclic) bond motifs is 1. The van der Waals surface area contributed by atoms with Crippen LogP contribution in [0.4, 0.5) is 0 Å². The Kier molecular flexibility index (Phi) is 4.50. The molecular formula is C16H20BrNO3. The maximum Gasteiger partial charge on any atom is 0.303 e. The van der Waals surface area contributed by atoms with Gasteiger partial charge < -0.3 is 9.84 Å². The van der Waals surface area contributed by atoms with Crippen LogP contribution in [0.3, 0.4) is 0 Å². The van der Waals surface area contributed by atoms with Crippen molar-refractivity contribution in [2.24, 2.45) is 5.92 Å². The van der Waals surface area contributed by atoms with Crippen LogP contribution in [-0.2, 0) is 11.2 Å². The van der Waals surface area contributed by atoms with Gasteiger partial charge in [0.2, 0.25) is 0 Å². The number of aliphatic carboxylic acids is 1. The molecule has 1 N–H and O–H groups in total. The third kappa shape index (κ3) is 3.77. The molecular weight excluding hydrogens is 334 g/mol. The van der Waals surface area contributed by atoms with Gasteiger partial charge in [0.1, 0.15) is 11.9 Å². The average Bonchev–Trinajstić information content (AvgIpc) is 3.02. The van der Waals surface area contributed by atoms with E-state index in [2.05, 4.69) is 26.9 Å². The first-order valence-electron chi connectivity index (χ1n) is 7.49. The molecule has 0 aliphatic carbocycles. The van der Waals surface area contributed by atoms with Crippen molar-refractivity contribution in [1.82, 2.24) is 4.90 Å². The van der Waals surface area contributed by atoms with Crippen LogP contribution in [0.2, 0.25) is 0 Å².